The Bertz CT molecular complexity index is 1570. The molecule has 10 nitrogen and oxygen atoms in total. The van der Waals surface area contributed by atoms with Gasteiger partial charge in [-0.2, -0.15) is 0 Å². The highest BCUT2D eigenvalue weighted by Gasteiger charge is 2.21. The van der Waals surface area contributed by atoms with Crippen molar-refractivity contribution in [3.05, 3.63) is 64.3 Å². The minimum absolute atomic E-state index is 0.0175. The van der Waals surface area contributed by atoms with Gasteiger partial charge in [-0.15, -0.1) is 0 Å². The number of nitrogens with one attached hydrogen (secondary N) is 1. The molecule has 1 aromatic carbocycles. The van der Waals surface area contributed by atoms with Crippen LogP contribution in [0.4, 0.5) is 5.82 Å². The van der Waals surface area contributed by atoms with Gasteiger partial charge in [-0.1, -0.05) is 23.2 Å². The number of sulfone groups is 1. The lowest BCUT2D eigenvalue weighted by Gasteiger charge is -2.35. The normalized spacial score (nSPS) is 16.8. The number of piperidine rings is 1. The van der Waals surface area contributed by atoms with E-state index in [4.69, 9.17) is 32.9 Å². The number of likely N-dealkylation sites (tertiary alicyclic amines) is 1. The van der Waals surface area contributed by atoms with Crippen molar-refractivity contribution in [2.45, 2.75) is 32.7 Å². The molecule has 1 N–H and O–H groups in total. The number of carbonyl (C=O) groups excluding carboxylic acids is 1. The van der Waals surface area contributed by atoms with Gasteiger partial charge < -0.3 is 15.0 Å². The summed E-state index contributed by atoms with van der Waals surface area (Å²) >= 11 is 12.7. The Morgan fingerprint density at radius 1 is 0.978 bits per heavy atom. The van der Waals surface area contributed by atoms with Crippen molar-refractivity contribution in [3.8, 4) is 22.9 Å². The van der Waals surface area contributed by atoms with Crippen LogP contribution in [-0.4, -0.2) is 98.5 Å². The van der Waals surface area contributed by atoms with Crippen molar-refractivity contribution >= 4 is 44.8 Å². The molecule has 2 aliphatic rings. The van der Waals surface area contributed by atoms with Gasteiger partial charge >= 0.3 is 0 Å². The number of carbonyl (C=O) groups is 1. The fraction of sp³-hybridized carbons (Fsp3) is 0.485. The summed E-state index contributed by atoms with van der Waals surface area (Å²) in [6.07, 6.45) is 5.72. The molecule has 2 fully saturated rings. The quantitative estimate of drug-likeness (QED) is 0.277. The molecule has 5 rings (SSSR count). The first-order valence-corrected chi connectivity index (χ1v) is 18.5. The van der Waals surface area contributed by atoms with Crippen LogP contribution in [0.1, 0.15) is 31.7 Å². The van der Waals surface area contributed by atoms with E-state index in [1.165, 1.54) is 6.26 Å². The lowest BCUT2D eigenvalue weighted by Crippen LogP contribution is -2.47. The summed E-state index contributed by atoms with van der Waals surface area (Å²) in [5.41, 5.74) is 2.59. The number of rotatable bonds is 12. The standard InChI is InChI=1S/C33H42Cl2N6O4S/c1-24(42)36-21-25-6-9-40(10-7-25)23-26-16-31(27-18-28(34)20-29(35)19-27)38-33(17-26)45-30-4-5-32(37-22-30)41-13-11-39(12-14-41)8-3-15-46(2,43)44/h4-5,16-20,22,25H,3,6-15,21,23H2,1-2H3,(H,36,42). The molecule has 4 heterocycles. The highest BCUT2D eigenvalue weighted by molar-refractivity contribution is 7.90. The first-order valence-electron chi connectivity index (χ1n) is 15.7. The van der Waals surface area contributed by atoms with Gasteiger partial charge in [0, 0.05) is 74.1 Å². The number of aromatic nitrogens is 2. The van der Waals surface area contributed by atoms with E-state index in [2.05, 4.69) is 31.1 Å². The average molecular weight is 690 g/mol. The number of halogens is 2. The van der Waals surface area contributed by atoms with E-state index >= 15 is 0 Å². The largest absolute Gasteiger partial charge is 0.437 e. The van der Waals surface area contributed by atoms with Gasteiger partial charge in [0.15, 0.2) is 0 Å². The molecule has 2 saturated heterocycles. The van der Waals surface area contributed by atoms with E-state index in [1.54, 1.807) is 19.2 Å². The van der Waals surface area contributed by atoms with Crippen molar-refractivity contribution in [1.82, 2.24) is 25.1 Å². The van der Waals surface area contributed by atoms with E-state index in [9.17, 15) is 13.2 Å². The lowest BCUT2D eigenvalue weighted by atomic mass is 9.96. The molecule has 0 atom stereocenters. The lowest BCUT2D eigenvalue weighted by molar-refractivity contribution is -0.119. The minimum Gasteiger partial charge on any atom is -0.437 e. The van der Waals surface area contributed by atoms with E-state index < -0.39 is 9.84 Å². The Kier molecular flexibility index (Phi) is 11.8. The third-order valence-electron chi connectivity index (χ3n) is 8.40. The topological polar surface area (TPSA) is 108 Å². The SMILES string of the molecule is CC(=O)NCC1CCN(Cc2cc(Oc3ccc(N4CCN(CCCS(C)(=O)=O)CC4)nc3)nc(-c3cc(Cl)cc(Cl)c3)c2)CC1. The second kappa shape index (κ2) is 15.8. The molecule has 46 heavy (non-hydrogen) atoms. The first-order chi connectivity index (χ1) is 22.0. The summed E-state index contributed by atoms with van der Waals surface area (Å²) in [4.78, 5) is 27.8. The van der Waals surface area contributed by atoms with Crippen LogP contribution in [0, 0.1) is 5.92 Å². The van der Waals surface area contributed by atoms with Crippen LogP contribution in [0.5, 0.6) is 11.6 Å². The molecule has 0 unspecified atom stereocenters. The van der Waals surface area contributed by atoms with Gasteiger partial charge in [0.25, 0.3) is 0 Å². The molecule has 0 spiro atoms. The number of ether oxygens (including phenoxy) is 1. The number of hydrogen-bond acceptors (Lipinski definition) is 9. The van der Waals surface area contributed by atoms with Gasteiger partial charge in [-0.3, -0.25) is 14.6 Å². The van der Waals surface area contributed by atoms with Gasteiger partial charge in [-0.05, 0) is 86.8 Å². The third-order valence-corrected chi connectivity index (χ3v) is 9.87. The second-order valence-corrected chi connectivity index (χ2v) is 15.4. The molecule has 0 bridgehead atoms. The molecule has 0 saturated carbocycles. The average Bonchev–Trinajstić information content (AvgIpc) is 3.00. The van der Waals surface area contributed by atoms with E-state index in [-0.39, 0.29) is 11.7 Å². The fourth-order valence-corrected chi connectivity index (χ4v) is 7.12. The molecule has 3 aromatic rings. The molecule has 2 aliphatic heterocycles. The van der Waals surface area contributed by atoms with Crippen LogP contribution >= 0.6 is 23.2 Å². The number of pyridine rings is 2. The zero-order chi connectivity index (χ0) is 32.7. The Hall–Kier alpha value is -2.96. The van der Waals surface area contributed by atoms with Crippen molar-refractivity contribution in [3.63, 3.8) is 0 Å². The van der Waals surface area contributed by atoms with E-state index in [0.717, 1.165) is 94.4 Å². The highest BCUT2D eigenvalue weighted by atomic mass is 35.5. The summed E-state index contributed by atoms with van der Waals surface area (Å²) in [5, 5.41) is 4.02. The molecule has 2 aromatic heterocycles. The number of nitrogens with zero attached hydrogens (tertiary/aromatic N) is 5. The van der Waals surface area contributed by atoms with Gasteiger partial charge in [0.2, 0.25) is 11.8 Å². The molecule has 0 radical (unpaired) electrons. The van der Waals surface area contributed by atoms with E-state index in [1.807, 2.05) is 30.3 Å². The van der Waals surface area contributed by atoms with Crippen LogP contribution in [-0.2, 0) is 21.2 Å². The summed E-state index contributed by atoms with van der Waals surface area (Å²) < 4.78 is 29.1. The first kappa shape index (κ1) is 34.4. The summed E-state index contributed by atoms with van der Waals surface area (Å²) in [6.45, 7) is 9.09. The zero-order valence-corrected chi connectivity index (χ0v) is 28.8. The molecule has 13 heteroatoms. The zero-order valence-electron chi connectivity index (χ0n) is 26.4. The number of hydrogen-bond donors (Lipinski definition) is 1. The second-order valence-electron chi connectivity index (χ2n) is 12.3. The predicted octanol–water partition coefficient (Wildman–Crippen LogP) is 5.15. The third kappa shape index (κ3) is 10.5. The van der Waals surface area contributed by atoms with Crippen molar-refractivity contribution in [2.24, 2.45) is 5.92 Å². The van der Waals surface area contributed by atoms with Crippen LogP contribution in [0.25, 0.3) is 11.3 Å². The van der Waals surface area contributed by atoms with Crippen molar-refractivity contribution in [1.29, 1.82) is 0 Å². The van der Waals surface area contributed by atoms with Crippen molar-refractivity contribution in [2.75, 3.05) is 69.3 Å². The Balaban J connectivity index is 1.24. The highest BCUT2D eigenvalue weighted by Crippen LogP contribution is 2.31. The number of benzene rings is 1. The number of piperazine rings is 1. The van der Waals surface area contributed by atoms with Crippen LogP contribution < -0.4 is 15.0 Å². The summed E-state index contributed by atoms with van der Waals surface area (Å²) in [6, 6.07) is 13.3. The van der Waals surface area contributed by atoms with Gasteiger partial charge in [0.05, 0.1) is 17.6 Å². The van der Waals surface area contributed by atoms with Crippen LogP contribution in [0.15, 0.2) is 48.7 Å². The summed E-state index contributed by atoms with van der Waals surface area (Å²) in [5.74, 6) is 2.65. The summed E-state index contributed by atoms with van der Waals surface area (Å²) in [7, 11) is -2.93. The molecule has 1 amide bonds. The fourth-order valence-electron chi connectivity index (χ4n) is 5.94. The number of anilines is 1. The Labute approximate surface area is 282 Å². The predicted molar refractivity (Wildman–Crippen MR) is 184 cm³/mol. The van der Waals surface area contributed by atoms with Crippen molar-refractivity contribution < 1.29 is 17.9 Å². The Morgan fingerprint density at radius 2 is 1.70 bits per heavy atom. The van der Waals surface area contributed by atoms with Gasteiger partial charge in [-0.25, -0.2) is 18.4 Å². The maximum atomic E-state index is 11.4. The monoisotopic (exact) mass is 688 g/mol. The van der Waals surface area contributed by atoms with E-state index in [0.29, 0.717) is 34.0 Å². The minimum atomic E-state index is -2.93. The van der Waals surface area contributed by atoms with Gasteiger partial charge in [0.1, 0.15) is 21.4 Å². The maximum absolute atomic E-state index is 11.4. The Morgan fingerprint density at radius 3 is 2.33 bits per heavy atom. The molecule has 248 valence electrons. The smallest absolute Gasteiger partial charge is 0.220 e. The molecular weight excluding hydrogens is 647 g/mol. The maximum Gasteiger partial charge on any atom is 0.220 e. The number of amides is 1. The van der Waals surface area contributed by atoms with Crippen LogP contribution in [0.2, 0.25) is 10.0 Å². The molecular formula is C33H42Cl2N6O4S. The van der Waals surface area contributed by atoms with Crippen LogP contribution in [0.3, 0.4) is 0 Å². The molecule has 0 aliphatic carbocycles.